The summed E-state index contributed by atoms with van der Waals surface area (Å²) in [6, 6.07) is 0. The van der Waals surface area contributed by atoms with Gasteiger partial charge in [0.1, 0.15) is 19.3 Å². The van der Waals surface area contributed by atoms with Crippen molar-refractivity contribution in [2.45, 2.75) is 350 Å². The second kappa shape index (κ2) is 57.9. The van der Waals surface area contributed by atoms with Crippen molar-refractivity contribution in [2.24, 2.45) is 23.7 Å². The Morgan fingerprint density at radius 3 is 0.816 bits per heavy atom. The Labute approximate surface area is 530 Å². The Balaban J connectivity index is 5.23. The lowest BCUT2D eigenvalue weighted by molar-refractivity contribution is -0.161. The molecule has 0 bridgehead atoms. The Morgan fingerprint density at radius 1 is 0.322 bits per heavy atom. The number of ether oxygens (including phenoxy) is 4. The van der Waals surface area contributed by atoms with E-state index in [1.54, 1.807) is 0 Å². The van der Waals surface area contributed by atoms with Gasteiger partial charge in [0.15, 0.2) is 12.2 Å². The molecule has 0 amide bonds. The Bertz CT molecular complexity index is 1730. The molecule has 3 N–H and O–H groups in total. The average Bonchev–Trinajstić information content (AvgIpc) is 3.68. The zero-order chi connectivity index (χ0) is 64.7. The van der Waals surface area contributed by atoms with E-state index in [0.29, 0.717) is 37.5 Å². The molecule has 0 aromatic rings. The lowest BCUT2D eigenvalue weighted by atomic mass is 9.99. The van der Waals surface area contributed by atoms with E-state index in [4.69, 9.17) is 37.0 Å². The molecule has 0 aromatic carbocycles. The lowest BCUT2D eigenvalue weighted by Gasteiger charge is -2.21. The fourth-order valence-electron chi connectivity index (χ4n) is 10.1. The number of hydrogen-bond acceptors (Lipinski definition) is 15. The molecule has 4 unspecified atom stereocenters. The summed E-state index contributed by atoms with van der Waals surface area (Å²) in [5.74, 6) is 0.812. The van der Waals surface area contributed by atoms with Gasteiger partial charge in [-0.05, 0) is 49.4 Å². The smallest absolute Gasteiger partial charge is 0.462 e. The van der Waals surface area contributed by atoms with E-state index in [1.165, 1.54) is 128 Å². The second-order valence-corrected chi connectivity index (χ2v) is 29.1. The molecule has 0 aromatic heterocycles. The molecule has 516 valence electrons. The molecule has 0 radical (unpaired) electrons. The summed E-state index contributed by atoms with van der Waals surface area (Å²) in [5, 5.41) is 10.6. The third-order valence-electron chi connectivity index (χ3n) is 15.9. The van der Waals surface area contributed by atoms with Gasteiger partial charge >= 0.3 is 39.5 Å². The van der Waals surface area contributed by atoms with Crippen LogP contribution < -0.4 is 0 Å². The maximum atomic E-state index is 13.0. The topological polar surface area (TPSA) is 237 Å². The highest BCUT2D eigenvalue weighted by atomic mass is 31.2. The van der Waals surface area contributed by atoms with Crippen LogP contribution in [0.15, 0.2) is 0 Å². The van der Waals surface area contributed by atoms with Crippen LogP contribution in [0.3, 0.4) is 0 Å². The quantitative estimate of drug-likeness (QED) is 0.0222. The molecule has 6 atom stereocenters. The zero-order valence-corrected chi connectivity index (χ0v) is 58.4. The van der Waals surface area contributed by atoms with E-state index in [0.717, 1.165) is 108 Å². The molecular formula is C68H132O17P2. The van der Waals surface area contributed by atoms with Gasteiger partial charge in [0.05, 0.1) is 26.4 Å². The van der Waals surface area contributed by atoms with Crippen LogP contribution in [0.1, 0.15) is 331 Å². The van der Waals surface area contributed by atoms with E-state index in [2.05, 4.69) is 55.4 Å². The van der Waals surface area contributed by atoms with Crippen molar-refractivity contribution in [3.05, 3.63) is 0 Å². The predicted octanol–water partition coefficient (Wildman–Crippen LogP) is 18.9. The maximum absolute atomic E-state index is 13.0. The van der Waals surface area contributed by atoms with Gasteiger partial charge in [-0.1, -0.05) is 280 Å². The molecule has 0 saturated heterocycles. The molecular weight excluding hydrogens is 1150 g/mol. The first-order valence-electron chi connectivity index (χ1n) is 35.2. The van der Waals surface area contributed by atoms with Gasteiger partial charge in [0.25, 0.3) is 0 Å². The summed E-state index contributed by atoms with van der Waals surface area (Å²) in [7, 11) is -9.90. The van der Waals surface area contributed by atoms with E-state index in [-0.39, 0.29) is 25.7 Å². The summed E-state index contributed by atoms with van der Waals surface area (Å²) in [4.78, 5) is 72.4. The van der Waals surface area contributed by atoms with Crippen LogP contribution >= 0.6 is 15.6 Å². The van der Waals surface area contributed by atoms with Gasteiger partial charge < -0.3 is 33.8 Å². The standard InChI is InChI=1S/C68H132O17P2/c1-9-61(8)47-39-31-22-16-13-14-17-23-32-40-48-65(70)78-55-64(85-68(73)51-43-35-27-26-30-38-46-60(6)7)57-83-87(76,77)81-53-62(69)52-80-86(74,75)82-56-63(54-79-66(71)49-41-33-25-19-21-29-37-45-59(4)5)84-67(72)50-42-34-24-18-12-10-11-15-20-28-36-44-58(2)3/h58-64,69H,9-57H2,1-8H3,(H,74,75)(H,76,77)/t61?,62?,63-,64-/m1/s1. The van der Waals surface area contributed by atoms with Crippen molar-refractivity contribution in [3.63, 3.8) is 0 Å². The van der Waals surface area contributed by atoms with Gasteiger partial charge in [-0.2, -0.15) is 0 Å². The van der Waals surface area contributed by atoms with Crippen molar-refractivity contribution in [3.8, 4) is 0 Å². The molecule has 0 spiro atoms. The maximum Gasteiger partial charge on any atom is 0.472 e. The highest BCUT2D eigenvalue weighted by molar-refractivity contribution is 7.47. The fraction of sp³-hybridized carbons (Fsp3) is 0.941. The van der Waals surface area contributed by atoms with Crippen molar-refractivity contribution in [1.82, 2.24) is 0 Å². The van der Waals surface area contributed by atoms with E-state index in [1.807, 2.05) is 0 Å². The van der Waals surface area contributed by atoms with E-state index < -0.39 is 97.5 Å². The summed E-state index contributed by atoms with van der Waals surface area (Å²) in [6.45, 7) is 14.0. The van der Waals surface area contributed by atoms with Crippen LogP contribution in [0.25, 0.3) is 0 Å². The van der Waals surface area contributed by atoms with Crippen LogP contribution in [-0.4, -0.2) is 96.7 Å². The van der Waals surface area contributed by atoms with E-state index in [9.17, 15) is 43.2 Å². The Kier molecular flexibility index (Phi) is 56.6. The fourth-order valence-corrected chi connectivity index (χ4v) is 11.7. The number of unbranched alkanes of at least 4 members (excludes halogenated alkanes) is 30. The van der Waals surface area contributed by atoms with Crippen molar-refractivity contribution in [2.75, 3.05) is 39.6 Å². The van der Waals surface area contributed by atoms with Crippen LogP contribution in [0.5, 0.6) is 0 Å². The summed E-state index contributed by atoms with van der Waals surface area (Å²) in [6.07, 6.45) is 39.1. The summed E-state index contributed by atoms with van der Waals surface area (Å²) in [5.41, 5.74) is 0. The van der Waals surface area contributed by atoms with Crippen molar-refractivity contribution < 1.29 is 80.2 Å². The third kappa shape index (κ3) is 61.3. The molecule has 0 rings (SSSR count). The average molecular weight is 1280 g/mol. The number of aliphatic hydroxyl groups is 1. The first kappa shape index (κ1) is 85.1. The van der Waals surface area contributed by atoms with Crippen LogP contribution in [-0.2, 0) is 65.4 Å². The minimum absolute atomic E-state index is 0.101. The SMILES string of the molecule is CCC(C)CCCCCCCCCCCCC(=O)OC[C@H](COP(=O)(O)OCC(O)COP(=O)(O)OC[C@@H](COC(=O)CCCCCCCCCC(C)C)OC(=O)CCCCCCCCCCCCCC(C)C)OC(=O)CCCCCCCCC(C)C. The van der Waals surface area contributed by atoms with Crippen molar-refractivity contribution >= 4 is 39.5 Å². The number of carbonyl (C=O) groups is 4. The predicted molar refractivity (Wildman–Crippen MR) is 349 cm³/mol. The first-order valence-corrected chi connectivity index (χ1v) is 38.2. The number of phosphoric acid groups is 2. The highest BCUT2D eigenvalue weighted by Crippen LogP contribution is 2.45. The van der Waals surface area contributed by atoms with Gasteiger partial charge in [-0.25, -0.2) is 9.13 Å². The largest absolute Gasteiger partial charge is 0.472 e. The molecule has 19 heteroatoms. The Morgan fingerprint density at radius 2 is 0.552 bits per heavy atom. The highest BCUT2D eigenvalue weighted by Gasteiger charge is 2.30. The van der Waals surface area contributed by atoms with Gasteiger partial charge in [0, 0.05) is 25.7 Å². The summed E-state index contributed by atoms with van der Waals surface area (Å²) < 4.78 is 68.1. The number of esters is 4. The molecule has 0 aliphatic heterocycles. The minimum atomic E-state index is -4.95. The molecule has 0 aliphatic carbocycles. The monoisotopic (exact) mass is 1280 g/mol. The number of hydrogen-bond donors (Lipinski definition) is 3. The normalized spacial score (nSPS) is 14.6. The van der Waals surface area contributed by atoms with Gasteiger partial charge in [0.2, 0.25) is 0 Å². The molecule has 0 heterocycles. The molecule has 87 heavy (non-hydrogen) atoms. The van der Waals surface area contributed by atoms with Crippen LogP contribution in [0, 0.1) is 23.7 Å². The Hall–Kier alpha value is -1.94. The number of rotatable bonds is 65. The second-order valence-electron chi connectivity index (χ2n) is 26.2. The molecule has 0 saturated carbocycles. The van der Waals surface area contributed by atoms with Gasteiger partial charge in [-0.15, -0.1) is 0 Å². The molecule has 0 aliphatic rings. The molecule has 0 fully saturated rings. The zero-order valence-electron chi connectivity index (χ0n) is 56.6. The number of phosphoric ester groups is 2. The minimum Gasteiger partial charge on any atom is -0.462 e. The van der Waals surface area contributed by atoms with Crippen LogP contribution in [0.2, 0.25) is 0 Å². The van der Waals surface area contributed by atoms with E-state index >= 15 is 0 Å². The van der Waals surface area contributed by atoms with Crippen molar-refractivity contribution in [1.29, 1.82) is 0 Å². The number of aliphatic hydroxyl groups excluding tert-OH is 1. The number of carbonyl (C=O) groups excluding carboxylic acids is 4. The van der Waals surface area contributed by atoms with Gasteiger partial charge in [-0.3, -0.25) is 37.3 Å². The third-order valence-corrected chi connectivity index (χ3v) is 17.8. The van der Waals surface area contributed by atoms with Crippen LogP contribution in [0.4, 0.5) is 0 Å². The summed E-state index contributed by atoms with van der Waals surface area (Å²) >= 11 is 0. The lowest BCUT2D eigenvalue weighted by Crippen LogP contribution is -2.30. The first-order chi connectivity index (χ1) is 41.6. The molecule has 17 nitrogen and oxygen atoms in total.